The molecule has 0 unspecified atom stereocenters. The maximum absolute atomic E-state index is 12.9. The van der Waals surface area contributed by atoms with E-state index >= 15 is 0 Å². The number of carbonyl (C=O) groups is 2. The lowest BCUT2D eigenvalue weighted by atomic mass is 10.1. The minimum Gasteiger partial charge on any atom is -0.443 e. The Morgan fingerprint density at radius 3 is 1.91 bits per heavy atom. The highest BCUT2D eigenvalue weighted by molar-refractivity contribution is 6.99. The highest BCUT2D eigenvalue weighted by Crippen LogP contribution is 2.37. The molecule has 0 N–H and O–H groups in total. The summed E-state index contributed by atoms with van der Waals surface area (Å²) in [4.78, 5) is 26.8. The van der Waals surface area contributed by atoms with Crippen molar-refractivity contribution < 1.29 is 18.8 Å². The van der Waals surface area contributed by atoms with E-state index in [1.807, 2.05) is 42.5 Å². The van der Waals surface area contributed by atoms with E-state index in [4.69, 9.17) is 9.16 Å². The van der Waals surface area contributed by atoms with Gasteiger partial charge in [-0.2, -0.15) is 0 Å². The van der Waals surface area contributed by atoms with Crippen LogP contribution in [-0.4, -0.2) is 43.5 Å². The van der Waals surface area contributed by atoms with Gasteiger partial charge in [-0.25, -0.2) is 9.69 Å². The molecule has 6 heteroatoms. The quantitative estimate of drug-likeness (QED) is 0.603. The molecule has 1 aliphatic heterocycles. The van der Waals surface area contributed by atoms with E-state index < -0.39 is 26.1 Å². The number of ether oxygens (including phenoxy) is 1. The van der Waals surface area contributed by atoms with Gasteiger partial charge in [0.15, 0.2) is 0 Å². The van der Waals surface area contributed by atoms with Crippen LogP contribution in [-0.2, 0) is 14.0 Å². The van der Waals surface area contributed by atoms with Gasteiger partial charge in [0.2, 0.25) is 0 Å². The molecule has 0 aromatic heterocycles. The second-order valence-corrected chi connectivity index (χ2v) is 14.8. The minimum atomic E-state index is -2.78. The van der Waals surface area contributed by atoms with Gasteiger partial charge < -0.3 is 9.16 Å². The summed E-state index contributed by atoms with van der Waals surface area (Å²) in [6.07, 6.45) is 3.14. The van der Waals surface area contributed by atoms with Gasteiger partial charge >= 0.3 is 6.09 Å². The van der Waals surface area contributed by atoms with Crippen LogP contribution in [0.1, 0.15) is 48.0 Å². The molecule has 33 heavy (non-hydrogen) atoms. The van der Waals surface area contributed by atoms with Crippen molar-refractivity contribution >= 4 is 30.7 Å². The number of rotatable bonds is 5. The number of imide groups is 1. The number of amides is 2. The number of hydrogen-bond acceptors (Lipinski definition) is 4. The Morgan fingerprint density at radius 2 is 1.45 bits per heavy atom. The largest absolute Gasteiger partial charge is 0.443 e. The Balaban J connectivity index is 2.01. The molecule has 1 atom stereocenters. The number of carbonyl (C=O) groups excluding carboxylic acids is 2. The molecule has 5 nitrogen and oxygen atoms in total. The maximum Gasteiger partial charge on any atom is 0.417 e. The van der Waals surface area contributed by atoms with E-state index in [-0.39, 0.29) is 17.6 Å². The molecule has 3 rings (SSSR count). The summed E-state index contributed by atoms with van der Waals surface area (Å²) in [7, 11) is -2.78. The van der Waals surface area contributed by atoms with Gasteiger partial charge in [0.05, 0.1) is 12.6 Å². The van der Waals surface area contributed by atoms with E-state index in [1.165, 1.54) is 11.0 Å². The van der Waals surface area contributed by atoms with Crippen molar-refractivity contribution in [3.05, 3.63) is 72.8 Å². The van der Waals surface area contributed by atoms with Crippen molar-refractivity contribution in [3.8, 4) is 0 Å². The van der Waals surface area contributed by atoms with E-state index in [2.05, 4.69) is 45.0 Å². The second kappa shape index (κ2) is 9.65. The smallest absolute Gasteiger partial charge is 0.417 e. The third-order valence-electron chi connectivity index (χ3n) is 5.77. The highest BCUT2D eigenvalue weighted by Gasteiger charge is 2.51. The van der Waals surface area contributed by atoms with E-state index in [0.717, 1.165) is 10.4 Å². The molecule has 0 saturated heterocycles. The molecule has 1 heterocycles. The minimum absolute atomic E-state index is 0.193. The summed E-state index contributed by atoms with van der Waals surface area (Å²) >= 11 is 0. The Bertz CT molecular complexity index is 951. The first-order chi connectivity index (χ1) is 15.5. The van der Waals surface area contributed by atoms with Crippen LogP contribution in [0.2, 0.25) is 5.04 Å². The molecule has 0 aliphatic carbocycles. The maximum atomic E-state index is 12.9. The van der Waals surface area contributed by atoms with Crippen LogP contribution in [0.15, 0.2) is 72.8 Å². The highest BCUT2D eigenvalue weighted by atomic mass is 28.4. The third kappa shape index (κ3) is 5.45. The molecule has 0 fully saturated rings. The van der Waals surface area contributed by atoms with Gasteiger partial charge in [0.1, 0.15) is 5.60 Å². The molecule has 176 valence electrons. The summed E-state index contributed by atoms with van der Waals surface area (Å²) in [5, 5.41) is 2.12. The number of hydrogen-bond donors (Lipinski definition) is 0. The van der Waals surface area contributed by atoms with Gasteiger partial charge in [-0.05, 0) is 48.7 Å². The van der Waals surface area contributed by atoms with Gasteiger partial charge in [0.25, 0.3) is 14.2 Å². The fourth-order valence-corrected chi connectivity index (χ4v) is 8.96. The summed E-state index contributed by atoms with van der Waals surface area (Å²) in [6, 6.07) is 20.2. The molecule has 0 radical (unpaired) electrons. The van der Waals surface area contributed by atoms with E-state index in [0.29, 0.717) is 6.42 Å². The average molecular weight is 466 g/mol. The first-order valence-electron chi connectivity index (χ1n) is 11.4. The Kier molecular flexibility index (Phi) is 7.29. The van der Waals surface area contributed by atoms with Crippen molar-refractivity contribution in [2.45, 2.75) is 64.6 Å². The SMILES string of the molecule is CC(C)(C)OC(=O)N1C(=O)C=CC[C@H]1CO[Si](c1ccccc1)(c1ccccc1)C(C)(C)C. The molecule has 0 bridgehead atoms. The Labute approximate surface area is 198 Å². The zero-order chi connectivity index (χ0) is 24.3. The van der Waals surface area contributed by atoms with Crippen LogP contribution in [0, 0.1) is 0 Å². The fourth-order valence-electron chi connectivity index (χ4n) is 4.37. The Hall–Kier alpha value is -2.70. The van der Waals surface area contributed by atoms with Crippen LogP contribution in [0.3, 0.4) is 0 Å². The monoisotopic (exact) mass is 465 g/mol. The zero-order valence-electron chi connectivity index (χ0n) is 20.5. The van der Waals surface area contributed by atoms with Gasteiger partial charge in [-0.15, -0.1) is 0 Å². The Morgan fingerprint density at radius 1 is 0.939 bits per heavy atom. The average Bonchev–Trinajstić information content (AvgIpc) is 2.73. The van der Waals surface area contributed by atoms with Gasteiger partial charge in [-0.3, -0.25) is 4.79 Å². The van der Waals surface area contributed by atoms with E-state index in [1.54, 1.807) is 20.8 Å². The van der Waals surface area contributed by atoms with Gasteiger partial charge in [0, 0.05) is 0 Å². The van der Waals surface area contributed by atoms with Gasteiger partial charge in [-0.1, -0.05) is 87.5 Å². The van der Waals surface area contributed by atoms with Crippen molar-refractivity contribution in [1.29, 1.82) is 0 Å². The van der Waals surface area contributed by atoms with Crippen LogP contribution >= 0.6 is 0 Å². The summed E-state index contributed by atoms with van der Waals surface area (Å²) in [5.74, 6) is -0.369. The lowest BCUT2D eigenvalue weighted by Gasteiger charge is -2.44. The molecule has 0 spiro atoms. The van der Waals surface area contributed by atoms with Crippen LogP contribution < -0.4 is 10.4 Å². The molecular formula is C27H35NO4Si. The first-order valence-corrected chi connectivity index (χ1v) is 13.3. The third-order valence-corrected chi connectivity index (χ3v) is 10.8. The second-order valence-electron chi connectivity index (χ2n) is 10.5. The van der Waals surface area contributed by atoms with Crippen LogP contribution in [0.4, 0.5) is 4.79 Å². The normalized spacial score (nSPS) is 17.2. The first kappa shape index (κ1) is 24.9. The van der Waals surface area contributed by atoms with Crippen LogP contribution in [0.5, 0.6) is 0 Å². The molecule has 2 aromatic carbocycles. The molecule has 2 aromatic rings. The van der Waals surface area contributed by atoms with Crippen molar-refractivity contribution in [1.82, 2.24) is 4.90 Å². The number of benzene rings is 2. The van der Waals surface area contributed by atoms with Crippen molar-refractivity contribution in [2.75, 3.05) is 6.61 Å². The molecule has 1 aliphatic rings. The zero-order valence-corrected chi connectivity index (χ0v) is 21.5. The predicted molar refractivity (Wildman–Crippen MR) is 134 cm³/mol. The number of nitrogens with zero attached hydrogens (tertiary/aromatic N) is 1. The summed E-state index contributed by atoms with van der Waals surface area (Å²) in [6.45, 7) is 12.2. The van der Waals surface area contributed by atoms with Crippen molar-refractivity contribution in [2.24, 2.45) is 0 Å². The lowest BCUT2D eigenvalue weighted by molar-refractivity contribution is -0.128. The standard InChI is InChI=1S/C27H35NO4Si/c1-26(2,3)32-25(30)28-21(14-13-19-24(28)29)20-31-33(27(4,5)6,22-15-9-7-10-16-22)23-17-11-8-12-18-23/h7-13,15-19,21H,14,20H2,1-6H3/t21-/m0/s1. The van der Waals surface area contributed by atoms with Crippen LogP contribution in [0.25, 0.3) is 0 Å². The molecular weight excluding hydrogens is 430 g/mol. The fraction of sp³-hybridized carbons (Fsp3) is 0.407. The van der Waals surface area contributed by atoms with E-state index in [9.17, 15) is 9.59 Å². The molecule has 0 saturated carbocycles. The molecule has 2 amide bonds. The summed E-state index contributed by atoms with van der Waals surface area (Å²) in [5.41, 5.74) is -0.693. The predicted octanol–water partition coefficient (Wildman–Crippen LogP) is 4.66. The summed E-state index contributed by atoms with van der Waals surface area (Å²) < 4.78 is 12.5. The lowest BCUT2D eigenvalue weighted by Crippen LogP contribution is -2.67. The topological polar surface area (TPSA) is 55.8 Å². The van der Waals surface area contributed by atoms with Crippen molar-refractivity contribution in [3.63, 3.8) is 0 Å².